The number of amides is 1. The normalized spacial score (nSPS) is 24.3. The van der Waals surface area contributed by atoms with Crippen LogP contribution in [0.5, 0.6) is 0 Å². The molecule has 0 bridgehead atoms. The average Bonchev–Trinajstić information content (AvgIpc) is 2.55. The van der Waals surface area contributed by atoms with E-state index in [4.69, 9.17) is 0 Å². The zero-order valence-corrected chi connectivity index (χ0v) is 8.60. The topological polar surface area (TPSA) is 41.1 Å². The Bertz CT molecular complexity index is 164. The zero-order valence-electron chi connectivity index (χ0n) is 8.60. The largest absolute Gasteiger partial charge is 0.352 e. The third-order valence-electron chi connectivity index (χ3n) is 2.49. The fraction of sp³-hybridized carbons (Fsp3) is 0.900. The van der Waals surface area contributed by atoms with Crippen LogP contribution in [0.3, 0.4) is 0 Å². The Morgan fingerprint density at radius 2 is 2.46 bits per heavy atom. The summed E-state index contributed by atoms with van der Waals surface area (Å²) in [7, 11) is 0. The van der Waals surface area contributed by atoms with Crippen molar-refractivity contribution in [1.82, 2.24) is 10.6 Å². The van der Waals surface area contributed by atoms with Gasteiger partial charge in [-0.05, 0) is 32.7 Å². The SMILES string of the molecule is CCCC(C)NC(=O)C1CCCN1. The summed E-state index contributed by atoms with van der Waals surface area (Å²) in [6, 6.07) is 0.388. The van der Waals surface area contributed by atoms with Crippen LogP contribution in [0.25, 0.3) is 0 Å². The van der Waals surface area contributed by atoms with Crippen LogP contribution in [0.2, 0.25) is 0 Å². The van der Waals surface area contributed by atoms with Crippen molar-refractivity contribution in [2.45, 2.75) is 51.6 Å². The van der Waals surface area contributed by atoms with Crippen LogP contribution in [0.15, 0.2) is 0 Å². The Hall–Kier alpha value is -0.570. The lowest BCUT2D eigenvalue weighted by molar-refractivity contribution is -0.123. The predicted molar refractivity (Wildman–Crippen MR) is 53.5 cm³/mol. The monoisotopic (exact) mass is 184 g/mol. The minimum atomic E-state index is 0.0688. The number of rotatable bonds is 4. The highest BCUT2D eigenvalue weighted by Crippen LogP contribution is 2.05. The Morgan fingerprint density at radius 3 is 3.00 bits per heavy atom. The van der Waals surface area contributed by atoms with Gasteiger partial charge in [-0.3, -0.25) is 4.79 Å². The third kappa shape index (κ3) is 3.35. The molecule has 1 amide bonds. The molecule has 2 N–H and O–H groups in total. The first-order chi connectivity index (χ1) is 6.24. The molecule has 1 aliphatic rings. The molecule has 1 rings (SSSR count). The second kappa shape index (κ2) is 5.22. The van der Waals surface area contributed by atoms with Crippen molar-refractivity contribution >= 4 is 5.91 Å². The van der Waals surface area contributed by atoms with Gasteiger partial charge in [0.05, 0.1) is 6.04 Å². The first kappa shape index (κ1) is 10.5. The number of carbonyl (C=O) groups is 1. The third-order valence-corrected chi connectivity index (χ3v) is 2.49. The Balaban J connectivity index is 2.23. The second-order valence-corrected chi connectivity index (χ2v) is 3.85. The molecule has 13 heavy (non-hydrogen) atoms. The standard InChI is InChI=1S/C10H20N2O/c1-3-5-8(2)12-10(13)9-6-4-7-11-9/h8-9,11H,3-7H2,1-2H3,(H,12,13). The molecule has 0 aromatic heterocycles. The molecular formula is C10H20N2O. The molecule has 1 fully saturated rings. The summed E-state index contributed by atoms with van der Waals surface area (Å²) in [5.41, 5.74) is 0. The van der Waals surface area contributed by atoms with Crippen molar-refractivity contribution < 1.29 is 4.79 Å². The van der Waals surface area contributed by atoms with Crippen molar-refractivity contribution in [2.24, 2.45) is 0 Å². The van der Waals surface area contributed by atoms with Gasteiger partial charge in [-0.15, -0.1) is 0 Å². The molecule has 1 saturated heterocycles. The van der Waals surface area contributed by atoms with Crippen LogP contribution in [0, 0.1) is 0 Å². The van der Waals surface area contributed by atoms with Crippen molar-refractivity contribution in [3.8, 4) is 0 Å². The molecule has 1 aliphatic heterocycles. The van der Waals surface area contributed by atoms with E-state index in [0.29, 0.717) is 6.04 Å². The van der Waals surface area contributed by atoms with E-state index >= 15 is 0 Å². The molecule has 0 saturated carbocycles. The quantitative estimate of drug-likeness (QED) is 0.685. The first-order valence-corrected chi connectivity index (χ1v) is 5.27. The van der Waals surface area contributed by atoms with E-state index in [2.05, 4.69) is 24.5 Å². The summed E-state index contributed by atoms with van der Waals surface area (Å²) in [4.78, 5) is 11.6. The molecule has 2 atom stereocenters. The van der Waals surface area contributed by atoms with Crippen LogP contribution in [-0.4, -0.2) is 24.5 Å². The van der Waals surface area contributed by atoms with Gasteiger partial charge in [0.1, 0.15) is 0 Å². The average molecular weight is 184 g/mol. The number of nitrogens with one attached hydrogen (secondary N) is 2. The fourth-order valence-electron chi connectivity index (χ4n) is 1.76. The van der Waals surface area contributed by atoms with Gasteiger partial charge in [0.15, 0.2) is 0 Å². The summed E-state index contributed by atoms with van der Waals surface area (Å²) in [6.45, 7) is 5.19. The van der Waals surface area contributed by atoms with Gasteiger partial charge in [0.2, 0.25) is 5.91 Å². The second-order valence-electron chi connectivity index (χ2n) is 3.85. The molecule has 0 radical (unpaired) electrons. The summed E-state index contributed by atoms with van der Waals surface area (Å²) in [6.07, 6.45) is 4.31. The summed E-state index contributed by atoms with van der Waals surface area (Å²) < 4.78 is 0. The molecule has 3 heteroatoms. The molecule has 0 aromatic carbocycles. The van der Waals surface area contributed by atoms with E-state index in [0.717, 1.165) is 32.2 Å². The van der Waals surface area contributed by atoms with Gasteiger partial charge in [-0.2, -0.15) is 0 Å². The van der Waals surface area contributed by atoms with Gasteiger partial charge in [-0.1, -0.05) is 13.3 Å². The van der Waals surface area contributed by atoms with Crippen LogP contribution >= 0.6 is 0 Å². The van der Waals surface area contributed by atoms with Crippen molar-refractivity contribution in [3.05, 3.63) is 0 Å². The van der Waals surface area contributed by atoms with Crippen molar-refractivity contribution in [2.75, 3.05) is 6.54 Å². The maximum Gasteiger partial charge on any atom is 0.237 e. The summed E-state index contributed by atoms with van der Waals surface area (Å²) >= 11 is 0. The summed E-state index contributed by atoms with van der Waals surface area (Å²) in [5, 5.41) is 6.21. The maximum absolute atomic E-state index is 11.6. The Kier molecular flexibility index (Phi) is 4.22. The lowest BCUT2D eigenvalue weighted by atomic mass is 10.1. The van der Waals surface area contributed by atoms with E-state index in [-0.39, 0.29) is 11.9 Å². The van der Waals surface area contributed by atoms with Crippen molar-refractivity contribution in [1.29, 1.82) is 0 Å². The van der Waals surface area contributed by atoms with Gasteiger partial charge in [0, 0.05) is 6.04 Å². The molecule has 0 aromatic rings. The number of hydrogen-bond acceptors (Lipinski definition) is 2. The fourth-order valence-corrected chi connectivity index (χ4v) is 1.76. The molecule has 1 heterocycles. The van der Waals surface area contributed by atoms with Gasteiger partial charge >= 0.3 is 0 Å². The lowest BCUT2D eigenvalue weighted by Gasteiger charge is -2.16. The van der Waals surface area contributed by atoms with Crippen LogP contribution < -0.4 is 10.6 Å². The molecule has 0 aliphatic carbocycles. The van der Waals surface area contributed by atoms with E-state index in [9.17, 15) is 4.79 Å². The van der Waals surface area contributed by atoms with E-state index in [1.54, 1.807) is 0 Å². The molecule has 0 spiro atoms. The van der Waals surface area contributed by atoms with Crippen molar-refractivity contribution in [3.63, 3.8) is 0 Å². The first-order valence-electron chi connectivity index (χ1n) is 5.27. The minimum Gasteiger partial charge on any atom is -0.352 e. The van der Waals surface area contributed by atoms with Gasteiger partial charge < -0.3 is 10.6 Å². The van der Waals surface area contributed by atoms with E-state index < -0.39 is 0 Å². The Morgan fingerprint density at radius 1 is 1.69 bits per heavy atom. The van der Waals surface area contributed by atoms with Gasteiger partial charge in [0.25, 0.3) is 0 Å². The van der Waals surface area contributed by atoms with Crippen LogP contribution in [0.1, 0.15) is 39.5 Å². The minimum absolute atomic E-state index is 0.0688. The smallest absolute Gasteiger partial charge is 0.237 e. The molecule has 76 valence electrons. The van der Waals surface area contributed by atoms with E-state index in [1.807, 2.05) is 0 Å². The zero-order chi connectivity index (χ0) is 9.68. The predicted octanol–water partition coefficient (Wildman–Crippen LogP) is 1.04. The molecule has 3 nitrogen and oxygen atoms in total. The lowest BCUT2D eigenvalue weighted by Crippen LogP contribution is -2.44. The van der Waals surface area contributed by atoms with Crippen LogP contribution in [0.4, 0.5) is 0 Å². The molecular weight excluding hydrogens is 164 g/mol. The highest BCUT2D eigenvalue weighted by Gasteiger charge is 2.22. The highest BCUT2D eigenvalue weighted by molar-refractivity contribution is 5.82. The summed E-state index contributed by atoms with van der Waals surface area (Å²) in [5.74, 6) is 0.179. The number of carbonyl (C=O) groups excluding carboxylic acids is 1. The van der Waals surface area contributed by atoms with Crippen LogP contribution in [-0.2, 0) is 4.79 Å². The van der Waals surface area contributed by atoms with E-state index in [1.165, 1.54) is 0 Å². The molecule has 2 unspecified atom stereocenters. The number of hydrogen-bond donors (Lipinski definition) is 2. The highest BCUT2D eigenvalue weighted by atomic mass is 16.2. The maximum atomic E-state index is 11.6. The van der Waals surface area contributed by atoms with Gasteiger partial charge in [-0.25, -0.2) is 0 Å². The Labute approximate surface area is 80.3 Å².